The minimum absolute atomic E-state index is 0.0906. The van der Waals surface area contributed by atoms with Crippen molar-refractivity contribution >= 4 is 5.91 Å². The van der Waals surface area contributed by atoms with Gasteiger partial charge in [-0.05, 0) is 32.2 Å². The quantitative estimate of drug-likeness (QED) is 0.840. The van der Waals surface area contributed by atoms with Gasteiger partial charge in [0.25, 0.3) is 0 Å². The standard InChI is InChI=1S/C17H31N3O2/c1-14-12-20(8-7-19(14)9-10-22-2)16(21)17-6-4-3-5-15(17)11-18-13-17/h14-15,18H,3-13H2,1-2H3/t14?,15-,17+/m0/s1. The van der Waals surface area contributed by atoms with Gasteiger partial charge < -0.3 is 15.0 Å². The average molecular weight is 309 g/mol. The van der Waals surface area contributed by atoms with Crippen LogP contribution in [0.2, 0.25) is 0 Å². The van der Waals surface area contributed by atoms with Crippen molar-refractivity contribution in [3.63, 3.8) is 0 Å². The van der Waals surface area contributed by atoms with Crippen LogP contribution >= 0.6 is 0 Å². The Morgan fingerprint density at radius 3 is 3.00 bits per heavy atom. The summed E-state index contributed by atoms with van der Waals surface area (Å²) in [5.41, 5.74) is -0.0906. The minimum Gasteiger partial charge on any atom is -0.383 e. The van der Waals surface area contributed by atoms with Crippen molar-refractivity contribution < 1.29 is 9.53 Å². The molecule has 0 aromatic heterocycles. The van der Waals surface area contributed by atoms with Crippen molar-refractivity contribution in [1.29, 1.82) is 0 Å². The van der Waals surface area contributed by atoms with E-state index in [1.165, 1.54) is 19.3 Å². The number of nitrogens with zero attached hydrogens (tertiary/aromatic N) is 2. The van der Waals surface area contributed by atoms with Gasteiger partial charge in [0.1, 0.15) is 0 Å². The van der Waals surface area contributed by atoms with Crippen molar-refractivity contribution in [2.45, 2.75) is 38.6 Å². The van der Waals surface area contributed by atoms with E-state index in [1.54, 1.807) is 7.11 Å². The highest BCUT2D eigenvalue weighted by Gasteiger charge is 2.51. The van der Waals surface area contributed by atoms with Crippen molar-refractivity contribution in [3.05, 3.63) is 0 Å². The van der Waals surface area contributed by atoms with E-state index < -0.39 is 0 Å². The number of nitrogens with one attached hydrogen (secondary N) is 1. The molecule has 2 heterocycles. The predicted octanol–water partition coefficient (Wildman–Crippen LogP) is 0.945. The Kier molecular flexibility index (Phi) is 5.05. The van der Waals surface area contributed by atoms with Crippen molar-refractivity contribution in [2.24, 2.45) is 11.3 Å². The molecular weight excluding hydrogens is 278 g/mol. The molecule has 1 N–H and O–H groups in total. The van der Waals surface area contributed by atoms with Crippen LogP contribution < -0.4 is 5.32 Å². The molecule has 2 saturated heterocycles. The van der Waals surface area contributed by atoms with Gasteiger partial charge in [0.05, 0.1) is 12.0 Å². The second-order valence-corrected chi connectivity index (χ2v) is 7.36. The van der Waals surface area contributed by atoms with Crippen LogP contribution in [-0.2, 0) is 9.53 Å². The fourth-order valence-electron chi connectivity index (χ4n) is 4.70. The molecule has 1 unspecified atom stereocenters. The van der Waals surface area contributed by atoms with Crippen LogP contribution in [-0.4, -0.2) is 74.7 Å². The van der Waals surface area contributed by atoms with E-state index in [-0.39, 0.29) is 5.41 Å². The summed E-state index contributed by atoms with van der Waals surface area (Å²) in [6, 6.07) is 0.431. The third-order valence-electron chi connectivity index (χ3n) is 6.10. The molecule has 2 aliphatic heterocycles. The SMILES string of the molecule is COCCN1CCN(C(=O)[C@@]23CCCC[C@H]2CNC3)CC1C. The van der Waals surface area contributed by atoms with E-state index in [2.05, 4.69) is 22.0 Å². The minimum atomic E-state index is -0.0906. The molecule has 1 aliphatic carbocycles. The lowest BCUT2D eigenvalue weighted by Gasteiger charge is -2.45. The van der Waals surface area contributed by atoms with Crippen LogP contribution in [0, 0.1) is 11.3 Å². The van der Waals surface area contributed by atoms with Crippen LogP contribution in [0.1, 0.15) is 32.6 Å². The molecule has 3 atom stereocenters. The number of hydrogen-bond acceptors (Lipinski definition) is 4. The largest absolute Gasteiger partial charge is 0.383 e. The highest BCUT2D eigenvalue weighted by Crippen LogP contribution is 2.45. The first-order valence-electron chi connectivity index (χ1n) is 8.90. The van der Waals surface area contributed by atoms with Crippen molar-refractivity contribution in [1.82, 2.24) is 15.1 Å². The molecule has 1 saturated carbocycles. The molecule has 0 bridgehead atoms. The number of rotatable bonds is 4. The molecular formula is C17H31N3O2. The van der Waals surface area contributed by atoms with E-state index in [1.807, 2.05) is 0 Å². The molecule has 5 nitrogen and oxygen atoms in total. The third kappa shape index (κ3) is 2.91. The molecule has 126 valence electrons. The number of methoxy groups -OCH3 is 1. The number of carbonyl (C=O) groups is 1. The Labute approximate surface area is 134 Å². The Morgan fingerprint density at radius 1 is 1.36 bits per heavy atom. The van der Waals surface area contributed by atoms with Gasteiger partial charge in [-0.25, -0.2) is 0 Å². The van der Waals surface area contributed by atoms with Gasteiger partial charge in [0, 0.05) is 45.9 Å². The molecule has 0 radical (unpaired) electrons. The van der Waals surface area contributed by atoms with Crippen molar-refractivity contribution in [2.75, 3.05) is 53.0 Å². The van der Waals surface area contributed by atoms with Gasteiger partial charge in [-0.3, -0.25) is 9.69 Å². The molecule has 0 aromatic carbocycles. The highest BCUT2D eigenvalue weighted by molar-refractivity contribution is 5.84. The average Bonchev–Trinajstić information content (AvgIpc) is 2.98. The van der Waals surface area contributed by atoms with E-state index in [0.29, 0.717) is 17.9 Å². The fraction of sp³-hybridized carbons (Fsp3) is 0.941. The third-order valence-corrected chi connectivity index (χ3v) is 6.10. The zero-order valence-electron chi connectivity index (χ0n) is 14.1. The molecule has 1 amide bonds. The van der Waals surface area contributed by atoms with Crippen LogP contribution in [0.15, 0.2) is 0 Å². The smallest absolute Gasteiger partial charge is 0.230 e. The zero-order chi connectivity index (χ0) is 15.6. The summed E-state index contributed by atoms with van der Waals surface area (Å²) in [6.07, 6.45) is 4.82. The van der Waals surface area contributed by atoms with E-state index in [4.69, 9.17) is 4.74 Å². The van der Waals surface area contributed by atoms with E-state index in [9.17, 15) is 4.79 Å². The monoisotopic (exact) mass is 309 g/mol. The van der Waals surface area contributed by atoms with Crippen LogP contribution in [0.25, 0.3) is 0 Å². The summed E-state index contributed by atoms with van der Waals surface area (Å²) in [5.74, 6) is 0.996. The molecule has 0 spiro atoms. The summed E-state index contributed by atoms with van der Waals surface area (Å²) >= 11 is 0. The molecule has 5 heteroatoms. The maximum Gasteiger partial charge on any atom is 0.230 e. The number of fused-ring (bicyclic) bond motifs is 1. The van der Waals surface area contributed by atoms with Gasteiger partial charge in [-0.2, -0.15) is 0 Å². The second-order valence-electron chi connectivity index (χ2n) is 7.36. The molecule has 3 aliphatic rings. The van der Waals surface area contributed by atoms with Gasteiger partial charge in [-0.1, -0.05) is 12.8 Å². The lowest BCUT2D eigenvalue weighted by molar-refractivity contribution is -0.148. The molecule has 0 aromatic rings. The fourth-order valence-corrected chi connectivity index (χ4v) is 4.70. The lowest BCUT2D eigenvalue weighted by atomic mass is 9.67. The Balaban J connectivity index is 1.63. The summed E-state index contributed by atoms with van der Waals surface area (Å²) < 4.78 is 5.19. The summed E-state index contributed by atoms with van der Waals surface area (Å²) in [4.78, 5) is 17.9. The zero-order valence-corrected chi connectivity index (χ0v) is 14.1. The normalized spacial score (nSPS) is 36.4. The van der Waals surface area contributed by atoms with Gasteiger partial charge >= 0.3 is 0 Å². The van der Waals surface area contributed by atoms with Crippen LogP contribution in [0.3, 0.4) is 0 Å². The molecule has 22 heavy (non-hydrogen) atoms. The van der Waals surface area contributed by atoms with Gasteiger partial charge in [-0.15, -0.1) is 0 Å². The number of piperazine rings is 1. The number of ether oxygens (including phenoxy) is 1. The maximum atomic E-state index is 13.3. The van der Waals surface area contributed by atoms with Gasteiger partial charge in [0.15, 0.2) is 0 Å². The van der Waals surface area contributed by atoms with Crippen LogP contribution in [0.5, 0.6) is 0 Å². The van der Waals surface area contributed by atoms with Crippen molar-refractivity contribution in [3.8, 4) is 0 Å². The van der Waals surface area contributed by atoms with Crippen LogP contribution in [0.4, 0.5) is 0 Å². The Bertz CT molecular complexity index is 403. The Hall–Kier alpha value is -0.650. The first-order valence-corrected chi connectivity index (χ1v) is 8.90. The highest BCUT2D eigenvalue weighted by atomic mass is 16.5. The predicted molar refractivity (Wildman–Crippen MR) is 86.8 cm³/mol. The van der Waals surface area contributed by atoms with E-state index >= 15 is 0 Å². The van der Waals surface area contributed by atoms with Gasteiger partial charge in [0.2, 0.25) is 5.91 Å². The number of hydrogen-bond donors (Lipinski definition) is 1. The topological polar surface area (TPSA) is 44.8 Å². The number of carbonyl (C=O) groups excluding carboxylic acids is 1. The summed E-state index contributed by atoms with van der Waals surface area (Å²) in [7, 11) is 1.75. The summed E-state index contributed by atoms with van der Waals surface area (Å²) in [6.45, 7) is 8.63. The summed E-state index contributed by atoms with van der Waals surface area (Å²) in [5, 5.41) is 3.50. The molecule has 3 fully saturated rings. The second kappa shape index (κ2) is 6.85. The van der Waals surface area contributed by atoms with E-state index in [0.717, 1.165) is 52.3 Å². The Morgan fingerprint density at radius 2 is 2.23 bits per heavy atom. The number of amides is 1. The first kappa shape index (κ1) is 16.2. The molecule has 3 rings (SSSR count). The first-order chi connectivity index (χ1) is 10.7. The maximum absolute atomic E-state index is 13.3. The lowest BCUT2D eigenvalue weighted by Crippen LogP contribution is -2.58.